The molecule has 4 heteroatoms. The minimum absolute atomic E-state index is 0.317. The Morgan fingerprint density at radius 2 is 2.31 bits per heavy atom. The first-order valence-corrected chi connectivity index (χ1v) is 6.56. The topological polar surface area (TPSA) is 29.9 Å². The van der Waals surface area contributed by atoms with E-state index in [9.17, 15) is 0 Å². The first-order chi connectivity index (χ1) is 7.77. The summed E-state index contributed by atoms with van der Waals surface area (Å²) in [5.74, 6) is 1.08. The Balaban J connectivity index is 1.73. The smallest absolute Gasteiger partial charge is 0.105 e. The number of hydrogen-bond donors (Lipinski definition) is 1. The third-order valence-corrected chi connectivity index (χ3v) is 3.89. The van der Waals surface area contributed by atoms with Crippen LogP contribution in [0.25, 0.3) is 0 Å². The highest BCUT2D eigenvalue weighted by molar-refractivity contribution is 6.21. The Morgan fingerprint density at radius 1 is 1.50 bits per heavy atom. The number of halogens is 1. The lowest BCUT2D eigenvalue weighted by atomic mass is 9.95. The van der Waals surface area contributed by atoms with Crippen LogP contribution in [0, 0.1) is 6.92 Å². The van der Waals surface area contributed by atoms with E-state index < -0.39 is 0 Å². The lowest BCUT2D eigenvalue weighted by Gasteiger charge is -2.28. The molecule has 16 heavy (non-hydrogen) atoms. The summed E-state index contributed by atoms with van der Waals surface area (Å²) in [6.07, 6.45) is 8.84. The molecule has 0 saturated heterocycles. The molecule has 0 spiro atoms. The van der Waals surface area contributed by atoms with Crippen molar-refractivity contribution < 1.29 is 0 Å². The average molecular weight is 242 g/mol. The maximum atomic E-state index is 6.29. The van der Waals surface area contributed by atoms with E-state index in [0.717, 1.165) is 25.3 Å². The number of nitrogens with one attached hydrogen (secondary N) is 1. The van der Waals surface area contributed by atoms with E-state index in [-0.39, 0.29) is 0 Å². The van der Waals surface area contributed by atoms with Gasteiger partial charge in [0.2, 0.25) is 0 Å². The largest absolute Gasteiger partial charge is 0.334 e. The van der Waals surface area contributed by atoms with Crippen LogP contribution in [-0.4, -0.2) is 27.5 Å². The zero-order chi connectivity index (χ0) is 11.4. The SMILES string of the molecule is Cc1nccn1CCNC1CCCCC1Cl. The second-order valence-corrected chi connectivity index (χ2v) is 5.09. The minimum atomic E-state index is 0.317. The van der Waals surface area contributed by atoms with Crippen molar-refractivity contribution in [2.75, 3.05) is 6.54 Å². The Morgan fingerprint density at radius 3 is 3.00 bits per heavy atom. The molecule has 0 aliphatic heterocycles. The van der Waals surface area contributed by atoms with Gasteiger partial charge < -0.3 is 9.88 Å². The van der Waals surface area contributed by atoms with Gasteiger partial charge in [0.25, 0.3) is 0 Å². The van der Waals surface area contributed by atoms with Crippen LogP contribution in [-0.2, 0) is 6.54 Å². The molecule has 1 heterocycles. The van der Waals surface area contributed by atoms with Crippen molar-refractivity contribution in [1.29, 1.82) is 0 Å². The summed E-state index contributed by atoms with van der Waals surface area (Å²) in [6, 6.07) is 0.499. The molecule has 0 aromatic carbocycles. The fourth-order valence-corrected chi connectivity index (χ4v) is 2.70. The lowest BCUT2D eigenvalue weighted by Crippen LogP contribution is -2.40. The van der Waals surface area contributed by atoms with Gasteiger partial charge >= 0.3 is 0 Å². The van der Waals surface area contributed by atoms with E-state index >= 15 is 0 Å². The van der Waals surface area contributed by atoms with Gasteiger partial charge in [-0.25, -0.2) is 4.98 Å². The zero-order valence-corrected chi connectivity index (χ0v) is 10.6. The van der Waals surface area contributed by atoms with Crippen LogP contribution >= 0.6 is 11.6 Å². The lowest BCUT2D eigenvalue weighted by molar-refractivity contribution is 0.373. The molecule has 1 fully saturated rings. The van der Waals surface area contributed by atoms with E-state index in [1.165, 1.54) is 19.3 Å². The quantitative estimate of drug-likeness (QED) is 0.821. The third kappa shape index (κ3) is 2.98. The van der Waals surface area contributed by atoms with E-state index in [4.69, 9.17) is 11.6 Å². The van der Waals surface area contributed by atoms with Crippen molar-refractivity contribution in [3.8, 4) is 0 Å². The van der Waals surface area contributed by atoms with Crippen molar-refractivity contribution >= 4 is 11.6 Å². The van der Waals surface area contributed by atoms with Gasteiger partial charge in [-0.15, -0.1) is 11.6 Å². The van der Waals surface area contributed by atoms with Gasteiger partial charge in [0.1, 0.15) is 5.82 Å². The third-order valence-electron chi connectivity index (χ3n) is 3.36. The molecule has 3 nitrogen and oxygen atoms in total. The van der Waals surface area contributed by atoms with Crippen LogP contribution in [0.5, 0.6) is 0 Å². The molecule has 1 aromatic heterocycles. The van der Waals surface area contributed by atoms with Crippen LogP contribution in [0.2, 0.25) is 0 Å². The predicted molar refractivity (Wildman–Crippen MR) is 66.9 cm³/mol. The molecular formula is C12H20ClN3. The van der Waals surface area contributed by atoms with Crippen LogP contribution in [0.4, 0.5) is 0 Å². The second-order valence-electron chi connectivity index (χ2n) is 4.53. The molecule has 1 N–H and O–H groups in total. The van der Waals surface area contributed by atoms with E-state index in [1.807, 2.05) is 19.3 Å². The Bertz CT molecular complexity index is 324. The maximum absolute atomic E-state index is 6.29. The highest BCUT2D eigenvalue weighted by Crippen LogP contribution is 2.22. The zero-order valence-electron chi connectivity index (χ0n) is 9.82. The Kier molecular flexibility index (Phi) is 4.24. The van der Waals surface area contributed by atoms with Crippen LogP contribution in [0.1, 0.15) is 31.5 Å². The van der Waals surface area contributed by atoms with Crippen molar-refractivity contribution in [2.45, 2.75) is 50.6 Å². The van der Waals surface area contributed by atoms with Crippen LogP contribution in [0.15, 0.2) is 12.4 Å². The molecule has 1 aromatic rings. The van der Waals surface area contributed by atoms with Gasteiger partial charge in [0.15, 0.2) is 0 Å². The number of alkyl halides is 1. The number of aromatic nitrogens is 2. The monoisotopic (exact) mass is 241 g/mol. The molecule has 1 aliphatic carbocycles. The molecular weight excluding hydrogens is 222 g/mol. The number of rotatable bonds is 4. The maximum Gasteiger partial charge on any atom is 0.105 e. The highest BCUT2D eigenvalue weighted by Gasteiger charge is 2.21. The Labute approximate surface area is 102 Å². The van der Waals surface area contributed by atoms with Crippen LogP contribution in [0.3, 0.4) is 0 Å². The first kappa shape index (κ1) is 11.9. The summed E-state index contributed by atoms with van der Waals surface area (Å²) in [5.41, 5.74) is 0. The highest BCUT2D eigenvalue weighted by atomic mass is 35.5. The predicted octanol–water partition coefficient (Wildman–Crippen LogP) is 2.33. The summed E-state index contributed by atoms with van der Waals surface area (Å²) in [4.78, 5) is 4.21. The number of aryl methyl sites for hydroxylation is 1. The number of nitrogens with zero attached hydrogens (tertiary/aromatic N) is 2. The molecule has 0 bridgehead atoms. The summed E-state index contributed by atoms with van der Waals surface area (Å²) in [7, 11) is 0. The van der Waals surface area contributed by atoms with Gasteiger partial charge in [-0.1, -0.05) is 12.8 Å². The number of hydrogen-bond acceptors (Lipinski definition) is 2. The van der Waals surface area contributed by atoms with Crippen molar-refractivity contribution in [2.24, 2.45) is 0 Å². The van der Waals surface area contributed by atoms with Gasteiger partial charge in [0.05, 0.1) is 0 Å². The van der Waals surface area contributed by atoms with E-state index in [0.29, 0.717) is 11.4 Å². The van der Waals surface area contributed by atoms with Crippen LogP contribution < -0.4 is 5.32 Å². The minimum Gasteiger partial charge on any atom is -0.334 e. The fourth-order valence-electron chi connectivity index (χ4n) is 2.33. The molecule has 2 rings (SSSR count). The summed E-state index contributed by atoms with van der Waals surface area (Å²) in [5, 5.41) is 3.87. The summed E-state index contributed by atoms with van der Waals surface area (Å²) in [6.45, 7) is 3.99. The van der Waals surface area contributed by atoms with Crippen molar-refractivity contribution in [3.05, 3.63) is 18.2 Å². The van der Waals surface area contributed by atoms with E-state index in [2.05, 4.69) is 14.9 Å². The first-order valence-electron chi connectivity index (χ1n) is 6.12. The number of imidazole rings is 1. The van der Waals surface area contributed by atoms with Crippen molar-refractivity contribution in [1.82, 2.24) is 14.9 Å². The average Bonchev–Trinajstić information content (AvgIpc) is 2.67. The second kappa shape index (κ2) is 5.69. The van der Waals surface area contributed by atoms with Gasteiger partial charge in [-0.2, -0.15) is 0 Å². The normalized spacial score (nSPS) is 25.9. The molecule has 0 radical (unpaired) electrons. The molecule has 0 amide bonds. The molecule has 2 atom stereocenters. The van der Waals surface area contributed by atoms with Gasteiger partial charge in [-0.3, -0.25) is 0 Å². The molecule has 2 unspecified atom stereocenters. The Hall–Kier alpha value is -0.540. The standard InChI is InChI=1S/C12H20ClN3/c1-10-14-6-8-16(10)9-7-15-12-5-3-2-4-11(12)13/h6,8,11-12,15H,2-5,7,9H2,1H3. The van der Waals surface area contributed by atoms with Gasteiger partial charge in [0, 0.05) is 36.9 Å². The summed E-state index contributed by atoms with van der Waals surface area (Å²) < 4.78 is 2.17. The summed E-state index contributed by atoms with van der Waals surface area (Å²) >= 11 is 6.29. The molecule has 90 valence electrons. The fraction of sp³-hybridized carbons (Fsp3) is 0.750. The molecule has 1 saturated carbocycles. The van der Waals surface area contributed by atoms with E-state index in [1.54, 1.807) is 0 Å². The van der Waals surface area contributed by atoms with Crippen molar-refractivity contribution in [3.63, 3.8) is 0 Å². The molecule has 1 aliphatic rings. The van der Waals surface area contributed by atoms with Gasteiger partial charge in [-0.05, 0) is 19.8 Å².